The molecule has 0 radical (unpaired) electrons. The third-order valence-corrected chi connectivity index (χ3v) is 10.7. The van der Waals surface area contributed by atoms with Gasteiger partial charge >= 0.3 is 0 Å². The molecule has 1 aliphatic heterocycles. The Morgan fingerprint density at radius 2 is 1.51 bits per heavy atom. The number of nitrogens with zero attached hydrogens (tertiary/aromatic N) is 1. The Hall–Kier alpha value is -3.24. The number of carbonyl (C=O) groups excluding carboxylic acids is 6. The monoisotopic (exact) mass is 685 g/mol. The van der Waals surface area contributed by atoms with Crippen molar-refractivity contribution in [3.63, 3.8) is 0 Å². The van der Waals surface area contributed by atoms with Crippen LogP contribution in [-0.4, -0.2) is 77.5 Å². The zero-order valence-corrected chi connectivity index (χ0v) is 31.5. The van der Waals surface area contributed by atoms with Crippen molar-refractivity contribution in [3.05, 3.63) is 12.7 Å². The van der Waals surface area contributed by atoms with Gasteiger partial charge in [0, 0.05) is 18.5 Å². The Morgan fingerprint density at radius 1 is 0.898 bits per heavy atom. The van der Waals surface area contributed by atoms with E-state index >= 15 is 0 Å². The third-order valence-electron chi connectivity index (χ3n) is 10.7. The Labute approximate surface area is 293 Å². The minimum Gasteiger partial charge on any atom is -0.346 e. The molecule has 1 unspecified atom stereocenters. The van der Waals surface area contributed by atoms with Gasteiger partial charge in [0.2, 0.25) is 29.4 Å². The molecule has 5 amide bonds. The van der Waals surface area contributed by atoms with Crippen molar-refractivity contribution < 1.29 is 28.8 Å². The van der Waals surface area contributed by atoms with E-state index in [-0.39, 0.29) is 36.1 Å². The summed E-state index contributed by atoms with van der Waals surface area (Å²) in [5.74, 6) is -2.86. The number of amides is 5. The van der Waals surface area contributed by atoms with Gasteiger partial charge in [-0.3, -0.25) is 28.8 Å². The maximum absolute atomic E-state index is 14.6. The number of rotatable bonds is 14. The minimum atomic E-state index is -1.00. The van der Waals surface area contributed by atoms with E-state index in [2.05, 4.69) is 27.8 Å². The van der Waals surface area contributed by atoms with E-state index in [0.29, 0.717) is 19.4 Å². The number of likely N-dealkylation sites (tertiary alicyclic amines) is 1. The largest absolute Gasteiger partial charge is 0.346 e. The number of carbonyl (C=O) groups is 6. The highest BCUT2D eigenvalue weighted by Crippen LogP contribution is 2.40. The van der Waals surface area contributed by atoms with Gasteiger partial charge in [-0.1, -0.05) is 100 Å². The lowest BCUT2D eigenvalue weighted by atomic mass is 9.69. The van der Waals surface area contributed by atoms with Crippen molar-refractivity contribution in [2.75, 3.05) is 13.1 Å². The molecule has 5 atom stereocenters. The van der Waals surface area contributed by atoms with Gasteiger partial charge in [0.15, 0.2) is 0 Å². The SMILES string of the molecule is C=CCNC(=O)C(=O)C(CC1CC1)NC(=O)[C@@H]1[C@@H](C(C)C)CCN1C(=O)[C@@H](NC(=O)[C@@H](NC(=O)C(C)(C)C)C1(C)CCCCC1)C(C)(C)C. The summed E-state index contributed by atoms with van der Waals surface area (Å²) in [6, 6.07) is -3.71. The molecule has 0 bridgehead atoms. The van der Waals surface area contributed by atoms with Crippen molar-refractivity contribution in [1.82, 2.24) is 26.2 Å². The molecule has 3 rings (SSSR count). The number of ketones is 1. The predicted octanol–water partition coefficient (Wildman–Crippen LogP) is 4.05. The first-order chi connectivity index (χ1) is 22.7. The van der Waals surface area contributed by atoms with Gasteiger partial charge in [0.25, 0.3) is 5.91 Å². The van der Waals surface area contributed by atoms with Crippen molar-refractivity contribution >= 4 is 35.3 Å². The van der Waals surface area contributed by atoms with E-state index < -0.39 is 63.9 Å². The van der Waals surface area contributed by atoms with Crippen LogP contribution in [0.25, 0.3) is 0 Å². The van der Waals surface area contributed by atoms with E-state index in [1.54, 1.807) is 4.90 Å². The molecule has 2 aliphatic carbocycles. The van der Waals surface area contributed by atoms with Crippen molar-refractivity contribution in [1.29, 1.82) is 0 Å². The first-order valence-electron chi connectivity index (χ1n) is 18.4. The van der Waals surface area contributed by atoms with Crippen molar-refractivity contribution in [3.8, 4) is 0 Å². The number of nitrogens with one attached hydrogen (secondary N) is 4. The Morgan fingerprint density at radius 3 is 2.02 bits per heavy atom. The standard InChI is InChI=1S/C38H63N5O6/c1-11-20-39-32(46)28(44)26(22-24-15-16-24)40-31(45)27-25(23(2)3)17-21-43(27)34(48)30(36(4,5)6)41-33(47)29(42-35(49)37(7,8)9)38(10)18-13-12-14-19-38/h11,23-27,29-30H,1,12-22H2,2-10H3,(H,39,46)(H,40,45)(H,41,47)(H,42,49)/t25-,26?,27+,29-,30-/m1/s1. The molecular weight excluding hydrogens is 622 g/mol. The summed E-state index contributed by atoms with van der Waals surface area (Å²) in [7, 11) is 0. The van der Waals surface area contributed by atoms with Crippen LogP contribution in [0.2, 0.25) is 0 Å². The zero-order chi connectivity index (χ0) is 36.9. The van der Waals surface area contributed by atoms with Gasteiger partial charge in [0.1, 0.15) is 18.1 Å². The lowest BCUT2D eigenvalue weighted by molar-refractivity contribution is -0.147. The third kappa shape index (κ3) is 10.4. The summed E-state index contributed by atoms with van der Waals surface area (Å²) in [4.78, 5) is 83.7. The highest BCUT2D eigenvalue weighted by molar-refractivity contribution is 6.38. The lowest BCUT2D eigenvalue weighted by Crippen LogP contribution is -2.64. The zero-order valence-electron chi connectivity index (χ0n) is 31.5. The highest BCUT2D eigenvalue weighted by atomic mass is 16.2. The van der Waals surface area contributed by atoms with Gasteiger partial charge in [-0.05, 0) is 54.3 Å². The van der Waals surface area contributed by atoms with Crippen LogP contribution in [0.15, 0.2) is 12.7 Å². The summed E-state index contributed by atoms with van der Waals surface area (Å²) in [6.07, 6.45) is 8.82. The Balaban J connectivity index is 1.91. The van der Waals surface area contributed by atoms with Crippen molar-refractivity contribution in [2.24, 2.45) is 34.0 Å². The molecule has 0 aromatic heterocycles. The van der Waals surface area contributed by atoms with Crippen LogP contribution in [0, 0.1) is 34.0 Å². The van der Waals surface area contributed by atoms with Crippen LogP contribution in [0.1, 0.15) is 120 Å². The van der Waals surface area contributed by atoms with Gasteiger partial charge in [-0.2, -0.15) is 0 Å². The fraction of sp³-hybridized carbons (Fsp3) is 0.789. The fourth-order valence-electron chi connectivity index (χ4n) is 7.28. The molecule has 0 aromatic carbocycles. The molecule has 0 aromatic rings. The molecule has 1 saturated heterocycles. The molecule has 3 aliphatic rings. The molecule has 0 spiro atoms. The van der Waals surface area contributed by atoms with Gasteiger partial charge < -0.3 is 26.2 Å². The maximum Gasteiger partial charge on any atom is 0.289 e. The second-order valence-corrected chi connectivity index (χ2v) is 17.5. The smallest absolute Gasteiger partial charge is 0.289 e. The summed E-state index contributed by atoms with van der Waals surface area (Å²) in [6.45, 7) is 21.1. The molecule has 11 nitrogen and oxygen atoms in total. The van der Waals surface area contributed by atoms with Gasteiger partial charge in [0.05, 0.1) is 6.04 Å². The van der Waals surface area contributed by atoms with E-state index in [1.165, 1.54) is 6.08 Å². The van der Waals surface area contributed by atoms with Crippen LogP contribution in [-0.2, 0) is 28.8 Å². The lowest BCUT2D eigenvalue weighted by Gasteiger charge is -2.43. The Bertz CT molecular complexity index is 1250. The van der Waals surface area contributed by atoms with Gasteiger partial charge in [-0.15, -0.1) is 6.58 Å². The van der Waals surface area contributed by atoms with E-state index in [4.69, 9.17) is 0 Å². The molecule has 49 heavy (non-hydrogen) atoms. The topological polar surface area (TPSA) is 154 Å². The average molecular weight is 686 g/mol. The first-order valence-corrected chi connectivity index (χ1v) is 18.4. The fourth-order valence-corrected chi connectivity index (χ4v) is 7.28. The molecule has 4 N–H and O–H groups in total. The van der Waals surface area contributed by atoms with Crippen LogP contribution in [0.3, 0.4) is 0 Å². The average Bonchev–Trinajstić information content (AvgIpc) is 3.72. The molecule has 276 valence electrons. The molecule has 3 fully saturated rings. The van der Waals surface area contributed by atoms with Crippen LogP contribution < -0.4 is 21.3 Å². The molecule has 1 heterocycles. The minimum absolute atomic E-state index is 0.0490. The summed E-state index contributed by atoms with van der Waals surface area (Å²) >= 11 is 0. The van der Waals surface area contributed by atoms with Crippen molar-refractivity contribution in [2.45, 2.75) is 144 Å². The van der Waals surface area contributed by atoms with Gasteiger partial charge in [-0.25, -0.2) is 0 Å². The predicted molar refractivity (Wildman–Crippen MR) is 190 cm³/mol. The Kier molecular flexibility index (Phi) is 13.3. The normalized spacial score (nSPS) is 22.8. The summed E-state index contributed by atoms with van der Waals surface area (Å²) in [5, 5.41) is 11.5. The highest BCUT2D eigenvalue weighted by Gasteiger charge is 2.49. The first kappa shape index (κ1) is 40.2. The van der Waals surface area contributed by atoms with E-state index in [0.717, 1.165) is 44.9 Å². The summed E-state index contributed by atoms with van der Waals surface area (Å²) < 4.78 is 0. The number of hydrogen-bond acceptors (Lipinski definition) is 6. The molecular formula is C38H63N5O6. The number of hydrogen-bond donors (Lipinski definition) is 4. The second-order valence-electron chi connectivity index (χ2n) is 17.5. The van der Waals surface area contributed by atoms with Crippen LogP contribution in [0.5, 0.6) is 0 Å². The molecule has 11 heteroatoms. The van der Waals surface area contributed by atoms with Crippen LogP contribution >= 0.6 is 0 Å². The summed E-state index contributed by atoms with van der Waals surface area (Å²) in [5.41, 5.74) is -1.92. The quantitative estimate of drug-likeness (QED) is 0.160. The second kappa shape index (κ2) is 16.2. The number of Topliss-reactive ketones (excluding diaryl/α,β-unsaturated/α-hetero) is 1. The van der Waals surface area contributed by atoms with Crippen LogP contribution in [0.4, 0.5) is 0 Å². The maximum atomic E-state index is 14.6. The molecule has 2 saturated carbocycles. The van der Waals surface area contributed by atoms with E-state index in [1.807, 2.05) is 62.3 Å². The van der Waals surface area contributed by atoms with E-state index in [9.17, 15) is 28.8 Å².